The molecule has 1 saturated heterocycles. The second kappa shape index (κ2) is 9.00. The number of carbonyl (C=O) groups is 1. The second-order valence-electron chi connectivity index (χ2n) is 8.40. The topological polar surface area (TPSA) is 101 Å². The zero-order chi connectivity index (χ0) is 23.9. The van der Waals surface area contributed by atoms with Crippen LogP contribution in [0.4, 0.5) is 15.8 Å². The summed E-state index contributed by atoms with van der Waals surface area (Å²) >= 11 is 5.79. The van der Waals surface area contributed by atoms with Crippen LogP contribution in [0.1, 0.15) is 30.4 Å². The lowest BCUT2D eigenvalue weighted by Gasteiger charge is -2.36. The average molecular weight is 496 g/mol. The fourth-order valence-corrected chi connectivity index (χ4v) is 6.24. The highest BCUT2D eigenvalue weighted by Crippen LogP contribution is 2.35. The van der Waals surface area contributed by atoms with Gasteiger partial charge in [-0.25, -0.2) is 12.8 Å². The quantitative estimate of drug-likeness (QED) is 0.470. The zero-order valence-electron chi connectivity index (χ0n) is 18.0. The fourth-order valence-electron chi connectivity index (χ4n) is 4.56. The van der Waals surface area contributed by atoms with E-state index in [0.717, 1.165) is 23.6 Å². The van der Waals surface area contributed by atoms with Gasteiger partial charge in [0.05, 0.1) is 15.5 Å². The van der Waals surface area contributed by atoms with Crippen LogP contribution in [0.3, 0.4) is 0 Å². The van der Waals surface area contributed by atoms with Gasteiger partial charge in [-0.05, 0) is 61.9 Å². The highest BCUT2D eigenvalue weighted by Gasteiger charge is 2.36. The Morgan fingerprint density at radius 3 is 2.55 bits per heavy atom. The minimum absolute atomic E-state index is 0.0895. The van der Waals surface area contributed by atoms with E-state index in [9.17, 15) is 27.7 Å². The summed E-state index contributed by atoms with van der Waals surface area (Å²) in [7, 11) is -3.98. The number of nitro groups is 1. The number of anilines is 1. The summed E-state index contributed by atoms with van der Waals surface area (Å²) in [4.78, 5) is 24.9. The predicted molar refractivity (Wildman–Crippen MR) is 121 cm³/mol. The van der Waals surface area contributed by atoms with Crippen molar-refractivity contribution in [3.63, 3.8) is 0 Å². The maximum absolute atomic E-state index is 14.7. The van der Waals surface area contributed by atoms with Crippen molar-refractivity contribution in [2.24, 2.45) is 5.92 Å². The Balaban J connectivity index is 1.49. The lowest BCUT2D eigenvalue weighted by Crippen LogP contribution is -2.46. The molecule has 1 fully saturated rings. The Hall–Kier alpha value is -2.56. The first-order chi connectivity index (χ1) is 15.6. The number of sulfonamides is 1. The number of benzene rings is 2. The molecule has 2 aliphatic heterocycles. The molecule has 0 spiro atoms. The predicted octanol–water partition coefficient (Wildman–Crippen LogP) is 4.08. The third kappa shape index (κ3) is 4.47. The van der Waals surface area contributed by atoms with Gasteiger partial charge in [-0.1, -0.05) is 17.7 Å². The van der Waals surface area contributed by atoms with Gasteiger partial charge in [-0.2, -0.15) is 4.31 Å². The zero-order valence-corrected chi connectivity index (χ0v) is 19.5. The molecule has 0 atom stereocenters. The van der Waals surface area contributed by atoms with E-state index in [1.54, 1.807) is 0 Å². The molecule has 176 valence electrons. The Labute approximate surface area is 196 Å². The van der Waals surface area contributed by atoms with Gasteiger partial charge in [0.2, 0.25) is 15.9 Å². The van der Waals surface area contributed by atoms with E-state index in [4.69, 9.17) is 11.6 Å². The molecule has 1 amide bonds. The van der Waals surface area contributed by atoms with Crippen LogP contribution in [0.2, 0.25) is 5.02 Å². The first-order valence-electron chi connectivity index (χ1n) is 10.6. The van der Waals surface area contributed by atoms with Gasteiger partial charge < -0.3 is 4.90 Å². The summed E-state index contributed by atoms with van der Waals surface area (Å²) in [6.07, 6.45) is 2.02. The number of carbonyl (C=O) groups excluding carboxylic acids is 1. The SMILES string of the molecule is Cc1cc(F)c2c(c1)CCCN2C(=O)C1CCN(S(=O)(=O)c2ccc(Cl)c([N+](=O)[O-])c2)CC1. The molecule has 2 aromatic carbocycles. The van der Waals surface area contributed by atoms with Crippen LogP contribution in [-0.2, 0) is 21.2 Å². The number of rotatable bonds is 4. The normalized spacial score (nSPS) is 17.6. The second-order valence-corrected chi connectivity index (χ2v) is 10.7. The minimum atomic E-state index is -3.98. The largest absolute Gasteiger partial charge is 0.309 e. The van der Waals surface area contributed by atoms with E-state index in [1.807, 2.05) is 13.0 Å². The van der Waals surface area contributed by atoms with Crippen LogP contribution in [0.15, 0.2) is 35.2 Å². The molecular formula is C22H23ClFN3O5S. The summed E-state index contributed by atoms with van der Waals surface area (Å²) in [6.45, 7) is 2.42. The Morgan fingerprint density at radius 1 is 1.18 bits per heavy atom. The number of nitrogens with zero attached hydrogens (tertiary/aromatic N) is 3. The first kappa shape index (κ1) is 23.6. The molecule has 8 nitrogen and oxygen atoms in total. The standard InChI is InChI=1S/C22H23ClFN3O5S/c1-14-11-16-3-2-8-26(21(16)19(24)12-14)22(28)15-6-9-25(10-7-15)33(31,32)17-4-5-18(23)20(13-17)27(29)30/h4-5,11-13,15H,2-3,6-10H2,1H3. The van der Waals surface area contributed by atoms with Crippen molar-refractivity contribution in [2.45, 2.75) is 37.5 Å². The van der Waals surface area contributed by atoms with Crippen molar-refractivity contribution in [1.29, 1.82) is 0 Å². The summed E-state index contributed by atoms with van der Waals surface area (Å²) in [5, 5.41) is 11.0. The van der Waals surface area contributed by atoms with E-state index in [1.165, 1.54) is 27.4 Å². The van der Waals surface area contributed by atoms with E-state index in [-0.39, 0.29) is 41.8 Å². The molecule has 33 heavy (non-hydrogen) atoms. The number of amides is 1. The van der Waals surface area contributed by atoms with Gasteiger partial charge in [0.25, 0.3) is 5.69 Å². The van der Waals surface area contributed by atoms with E-state index in [2.05, 4.69) is 0 Å². The van der Waals surface area contributed by atoms with Crippen LogP contribution < -0.4 is 4.90 Å². The van der Waals surface area contributed by atoms with E-state index < -0.39 is 32.4 Å². The van der Waals surface area contributed by atoms with Crippen LogP contribution in [0.25, 0.3) is 0 Å². The molecule has 0 aliphatic carbocycles. The molecular weight excluding hydrogens is 473 g/mol. The number of nitro benzene ring substituents is 1. The lowest BCUT2D eigenvalue weighted by molar-refractivity contribution is -0.384. The molecule has 0 N–H and O–H groups in total. The Morgan fingerprint density at radius 2 is 1.88 bits per heavy atom. The molecule has 2 aliphatic rings. The molecule has 0 bridgehead atoms. The minimum Gasteiger partial charge on any atom is -0.309 e. The molecule has 11 heteroatoms. The third-order valence-electron chi connectivity index (χ3n) is 6.21. The molecule has 0 aromatic heterocycles. The van der Waals surface area contributed by atoms with Crippen LogP contribution in [-0.4, -0.2) is 43.2 Å². The summed E-state index contributed by atoms with van der Waals surface area (Å²) in [6, 6.07) is 6.69. The van der Waals surface area contributed by atoms with Crippen molar-refractivity contribution >= 4 is 38.9 Å². The van der Waals surface area contributed by atoms with Gasteiger partial charge in [0.1, 0.15) is 10.8 Å². The maximum Gasteiger partial charge on any atom is 0.289 e. The lowest BCUT2D eigenvalue weighted by atomic mass is 9.93. The maximum atomic E-state index is 14.7. The van der Waals surface area contributed by atoms with Crippen molar-refractivity contribution in [2.75, 3.05) is 24.5 Å². The monoisotopic (exact) mass is 495 g/mol. The molecule has 0 radical (unpaired) electrons. The summed E-state index contributed by atoms with van der Waals surface area (Å²) < 4.78 is 41.9. The number of piperidine rings is 1. The molecule has 2 aromatic rings. The smallest absolute Gasteiger partial charge is 0.289 e. The van der Waals surface area contributed by atoms with Gasteiger partial charge in [-0.3, -0.25) is 14.9 Å². The van der Waals surface area contributed by atoms with Crippen LogP contribution in [0, 0.1) is 28.8 Å². The van der Waals surface area contributed by atoms with Gasteiger partial charge >= 0.3 is 0 Å². The van der Waals surface area contributed by atoms with Crippen molar-refractivity contribution in [3.8, 4) is 0 Å². The fraction of sp³-hybridized carbons (Fsp3) is 0.409. The van der Waals surface area contributed by atoms with Crippen LogP contribution in [0.5, 0.6) is 0 Å². The third-order valence-corrected chi connectivity index (χ3v) is 8.42. The summed E-state index contributed by atoms with van der Waals surface area (Å²) in [5.74, 6) is -1.04. The van der Waals surface area contributed by atoms with Gasteiger partial charge in [0.15, 0.2) is 0 Å². The molecule has 0 unspecified atom stereocenters. The number of hydrogen-bond acceptors (Lipinski definition) is 5. The molecule has 2 heterocycles. The first-order valence-corrected chi connectivity index (χ1v) is 12.5. The van der Waals surface area contributed by atoms with Crippen molar-refractivity contribution < 1.29 is 22.5 Å². The highest BCUT2D eigenvalue weighted by atomic mass is 35.5. The molecule has 4 rings (SSSR count). The number of halogens is 2. The Kier molecular flexibility index (Phi) is 6.43. The van der Waals surface area contributed by atoms with Gasteiger partial charge in [0, 0.05) is 31.6 Å². The van der Waals surface area contributed by atoms with E-state index in [0.29, 0.717) is 18.7 Å². The molecule has 0 saturated carbocycles. The summed E-state index contributed by atoms with van der Waals surface area (Å²) in [5.41, 5.74) is 1.47. The van der Waals surface area contributed by atoms with Crippen molar-refractivity contribution in [1.82, 2.24) is 4.31 Å². The van der Waals surface area contributed by atoms with Crippen molar-refractivity contribution in [3.05, 3.63) is 62.4 Å². The number of hydrogen-bond donors (Lipinski definition) is 0. The van der Waals surface area contributed by atoms with E-state index >= 15 is 0 Å². The Bertz CT molecular complexity index is 1230. The van der Waals surface area contributed by atoms with Crippen LogP contribution >= 0.6 is 11.6 Å². The highest BCUT2D eigenvalue weighted by molar-refractivity contribution is 7.89. The number of aryl methyl sites for hydroxylation is 2. The number of fused-ring (bicyclic) bond motifs is 1. The average Bonchev–Trinajstić information content (AvgIpc) is 2.78. The van der Waals surface area contributed by atoms with Gasteiger partial charge in [-0.15, -0.1) is 0 Å².